The predicted octanol–water partition coefficient (Wildman–Crippen LogP) is 5.50. The minimum Gasteiger partial charge on any atom is -0.478 e. The maximum Gasteiger partial charge on any atom is 0.339 e. The zero-order valence-corrected chi connectivity index (χ0v) is 13.8. The lowest BCUT2D eigenvalue weighted by atomic mass is 10.1. The molecule has 0 atom stereocenters. The summed E-state index contributed by atoms with van der Waals surface area (Å²) < 4.78 is 0. The third-order valence-corrected chi connectivity index (χ3v) is 4.21. The van der Waals surface area contributed by atoms with Crippen molar-refractivity contribution in [3.8, 4) is 11.1 Å². The van der Waals surface area contributed by atoms with Crippen LogP contribution in [-0.4, -0.2) is 16.1 Å². The quantitative estimate of drug-likeness (QED) is 0.646. The number of halogens is 2. The molecule has 0 aliphatic carbocycles. The fraction of sp³-hybridized carbons (Fsp3) is 0. The number of nitrogens with zero attached hydrogens (tertiary/aromatic N) is 1. The number of rotatable bonds is 4. The number of aromatic carboxylic acids is 1. The number of hydrogen-bond donors (Lipinski definition) is 2. The molecule has 0 amide bonds. The smallest absolute Gasteiger partial charge is 0.339 e. The summed E-state index contributed by atoms with van der Waals surface area (Å²) in [6, 6.07) is 14.6. The van der Waals surface area contributed by atoms with Crippen molar-refractivity contribution in [2.45, 2.75) is 0 Å². The highest BCUT2D eigenvalue weighted by Gasteiger charge is 2.10. The molecule has 0 fully saturated rings. The van der Waals surface area contributed by atoms with Gasteiger partial charge in [-0.15, -0.1) is 0 Å². The Hall–Kier alpha value is -2.56. The fourth-order valence-electron chi connectivity index (χ4n) is 2.25. The average molecular weight is 359 g/mol. The zero-order valence-electron chi connectivity index (χ0n) is 12.3. The third-order valence-electron chi connectivity index (χ3n) is 3.47. The molecular formula is C18H12Cl2N2O2. The van der Waals surface area contributed by atoms with Crippen molar-refractivity contribution in [2.75, 3.05) is 5.32 Å². The molecule has 0 aliphatic rings. The van der Waals surface area contributed by atoms with E-state index in [9.17, 15) is 9.90 Å². The lowest BCUT2D eigenvalue weighted by molar-refractivity contribution is 0.0697. The molecule has 24 heavy (non-hydrogen) atoms. The topological polar surface area (TPSA) is 62.2 Å². The maximum absolute atomic E-state index is 11.2. The van der Waals surface area contributed by atoms with Crippen molar-refractivity contribution in [1.82, 2.24) is 4.98 Å². The molecule has 1 heterocycles. The van der Waals surface area contributed by atoms with Crippen LogP contribution < -0.4 is 5.32 Å². The summed E-state index contributed by atoms with van der Waals surface area (Å²) in [6.45, 7) is 0. The SMILES string of the molecule is O=C(O)c1cnccc1Nc1ccc(-c2ccc(Cl)c(Cl)c2)cc1. The summed E-state index contributed by atoms with van der Waals surface area (Å²) in [5, 5.41) is 13.3. The van der Waals surface area contributed by atoms with E-state index in [4.69, 9.17) is 23.2 Å². The van der Waals surface area contributed by atoms with Gasteiger partial charge >= 0.3 is 5.97 Å². The van der Waals surface area contributed by atoms with Crippen molar-refractivity contribution in [3.05, 3.63) is 76.5 Å². The van der Waals surface area contributed by atoms with E-state index in [1.54, 1.807) is 24.4 Å². The van der Waals surface area contributed by atoms with Crippen molar-refractivity contribution >= 4 is 40.5 Å². The molecule has 0 saturated carbocycles. The standard InChI is InChI=1S/C18H12Cl2N2O2/c19-15-6-3-12(9-16(15)20)11-1-4-13(5-2-11)22-17-7-8-21-10-14(17)18(23)24/h1-10H,(H,21,22)(H,23,24). The summed E-state index contributed by atoms with van der Waals surface area (Å²) in [5.74, 6) is -1.03. The molecule has 2 N–H and O–H groups in total. The zero-order chi connectivity index (χ0) is 17.1. The van der Waals surface area contributed by atoms with Crippen LogP contribution in [0.15, 0.2) is 60.9 Å². The van der Waals surface area contributed by atoms with E-state index in [0.29, 0.717) is 15.7 Å². The Morgan fingerprint density at radius 3 is 2.33 bits per heavy atom. The van der Waals surface area contributed by atoms with Crippen molar-refractivity contribution in [3.63, 3.8) is 0 Å². The van der Waals surface area contributed by atoms with Crippen LogP contribution in [0.2, 0.25) is 10.0 Å². The Morgan fingerprint density at radius 2 is 1.67 bits per heavy atom. The van der Waals surface area contributed by atoms with Gasteiger partial charge in [0.1, 0.15) is 5.56 Å². The van der Waals surface area contributed by atoms with Gasteiger partial charge in [0, 0.05) is 18.1 Å². The molecule has 6 heteroatoms. The predicted molar refractivity (Wildman–Crippen MR) is 96.4 cm³/mol. The Balaban J connectivity index is 1.85. The van der Waals surface area contributed by atoms with Crippen molar-refractivity contribution in [1.29, 1.82) is 0 Å². The summed E-state index contributed by atoms with van der Waals surface area (Å²) >= 11 is 12.0. The van der Waals surface area contributed by atoms with Crippen LogP contribution in [0.25, 0.3) is 11.1 Å². The Kier molecular flexibility index (Phi) is 4.69. The first-order valence-corrected chi connectivity index (χ1v) is 7.80. The molecule has 0 bridgehead atoms. The van der Waals surface area contributed by atoms with Crippen LogP contribution in [0.4, 0.5) is 11.4 Å². The molecule has 0 spiro atoms. The van der Waals surface area contributed by atoms with Gasteiger partial charge in [-0.25, -0.2) is 4.79 Å². The highest BCUT2D eigenvalue weighted by molar-refractivity contribution is 6.42. The van der Waals surface area contributed by atoms with E-state index in [2.05, 4.69) is 10.3 Å². The van der Waals surface area contributed by atoms with Gasteiger partial charge in [-0.1, -0.05) is 41.4 Å². The van der Waals surface area contributed by atoms with Gasteiger partial charge in [0.2, 0.25) is 0 Å². The molecular weight excluding hydrogens is 347 g/mol. The highest BCUT2D eigenvalue weighted by atomic mass is 35.5. The number of pyridine rings is 1. The molecule has 0 aliphatic heterocycles. The van der Waals surface area contributed by atoms with E-state index in [1.165, 1.54) is 6.20 Å². The van der Waals surface area contributed by atoms with Crippen LogP contribution in [0.3, 0.4) is 0 Å². The van der Waals surface area contributed by atoms with Crippen LogP contribution in [0.5, 0.6) is 0 Å². The Morgan fingerprint density at radius 1 is 0.958 bits per heavy atom. The van der Waals surface area contributed by atoms with Crippen LogP contribution in [0, 0.1) is 0 Å². The lowest BCUT2D eigenvalue weighted by Crippen LogP contribution is -2.03. The molecule has 1 aromatic heterocycles. The first-order chi connectivity index (χ1) is 11.5. The van der Waals surface area contributed by atoms with E-state index in [0.717, 1.165) is 16.8 Å². The lowest BCUT2D eigenvalue weighted by Gasteiger charge is -2.10. The number of carboxylic acid groups (broad SMARTS) is 1. The first kappa shape index (κ1) is 16.3. The monoisotopic (exact) mass is 358 g/mol. The third kappa shape index (κ3) is 3.50. The number of anilines is 2. The van der Waals surface area contributed by atoms with Crippen molar-refractivity contribution < 1.29 is 9.90 Å². The Bertz CT molecular complexity index is 896. The van der Waals surface area contributed by atoms with Crippen molar-refractivity contribution in [2.24, 2.45) is 0 Å². The minimum absolute atomic E-state index is 0.117. The summed E-state index contributed by atoms with van der Waals surface area (Å²) in [4.78, 5) is 15.0. The number of nitrogens with one attached hydrogen (secondary N) is 1. The molecule has 0 unspecified atom stereocenters. The van der Waals surface area contributed by atoms with Gasteiger partial charge in [-0.05, 0) is 41.5 Å². The normalized spacial score (nSPS) is 10.4. The van der Waals surface area contributed by atoms with Crippen LogP contribution in [0.1, 0.15) is 10.4 Å². The summed E-state index contributed by atoms with van der Waals surface area (Å²) in [7, 11) is 0. The highest BCUT2D eigenvalue weighted by Crippen LogP contribution is 2.29. The molecule has 0 radical (unpaired) electrons. The van der Waals surface area contributed by atoms with E-state index >= 15 is 0 Å². The number of carboxylic acids is 1. The second kappa shape index (κ2) is 6.91. The van der Waals surface area contributed by atoms with Gasteiger partial charge < -0.3 is 10.4 Å². The van der Waals surface area contributed by atoms with Crippen LogP contribution in [-0.2, 0) is 0 Å². The number of hydrogen-bond acceptors (Lipinski definition) is 3. The minimum atomic E-state index is -1.03. The fourth-order valence-corrected chi connectivity index (χ4v) is 2.55. The van der Waals surface area contributed by atoms with E-state index in [1.807, 2.05) is 30.3 Å². The molecule has 0 saturated heterocycles. The second-order valence-corrected chi connectivity index (χ2v) is 5.87. The first-order valence-electron chi connectivity index (χ1n) is 7.04. The maximum atomic E-state index is 11.2. The molecule has 120 valence electrons. The van der Waals surface area contributed by atoms with Gasteiger partial charge in [0.25, 0.3) is 0 Å². The van der Waals surface area contributed by atoms with Gasteiger partial charge in [0.15, 0.2) is 0 Å². The molecule has 4 nitrogen and oxygen atoms in total. The molecule has 3 rings (SSSR count). The number of carbonyl (C=O) groups is 1. The summed E-state index contributed by atoms with van der Waals surface area (Å²) in [6.07, 6.45) is 2.85. The number of benzene rings is 2. The van der Waals surface area contributed by atoms with Crippen LogP contribution >= 0.6 is 23.2 Å². The Labute approximate surface area is 148 Å². The van der Waals surface area contributed by atoms with E-state index in [-0.39, 0.29) is 5.56 Å². The molecule has 3 aromatic rings. The second-order valence-electron chi connectivity index (χ2n) is 5.06. The van der Waals surface area contributed by atoms with Gasteiger partial charge in [0.05, 0.1) is 15.7 Å². The average Bonchev–Trinajstić information content (AvgIpc) is 2.58. The summed E-state index contributed by atoms with van der Waals surface area (Å²) in [5.41, 5.74) is 3.30. The van der Waals surface area contributed by atoms with E-state index < -0.39 is 5.97 Å². The van der Waals surface area contributed by atoms with Gasteiger partial charge in [-0.2, -0.15) is 0 Å². The number of aromatic nitrogens is 1. The van der Waals surface area contributed by atoms with Gasteiger partial charge in [-0.3, -0.25) is 4.98 Å². The molecule has 2 aromatic carbocycles. The largest absolute Gasteiger partial charge is 0.478 e.